The van der Waals surface area contributed by atoms with E-state index in [9.17, 15) is 0 Å². The summed E-state index contributed by atoms with van der Waals surface area (Å²) in [5.74, 6) is 0. The van der Waals surface area contributed by atoms with E-state index >= 15 is 0 Å². The Morgan fingerprint density at radius 1 is 0.442 bits per heavy atom. The molecule has 0 radical (unpaired) electrons. The lowest BCUT2D eigenvalue weighted by atomic mass is 10.1. The van der Waals surface area contributed by atoms with E-state index in [1.54, 1.807) is 22.7 Å². The Morgan fingerprint density at radius 2 is 0.962 bits per heavy atom. The zero-order valence-electron chi connectivity index (χ0n) is 30.0. The van der Waals surface area contributed by atoms with Crippen molar-refractivity contribution in [3.63, 3.8) is 0 Å². The van der Waals surface area contributed by atoms with Crippen molar-refractivity contribution in [3.8, 4) is 60.0 Å². The van der Waals surface area contributed by atoms with Crippen LogP contribution in [0.2, 0.25) is 0 Å². The largest absolute Gasteiger partial charge is 0.229 e. The topological polar surface area (TPSA) is 25.8 Å². The van der Waals surface area contributed by atoms with Crippen LogP contribution < -0.4 is 0 Å². The van der Waals surface area contributed by atoms with Crippen LogP contribution in [0.15, 0.2) is 60.7 Å². The summed E-state index contributed by atoms with van der Waals surface area (Å²) < 4.78 is 0. The maximum atomic E-state index is 5.09. The van der Waals surface area contributed by atoms with Crippen LogP contribution >= 0.6 is 90.7 Å². The summed E-state index contributed by atoms with van der Waals surface area (Å²) >= 11 is 15.1. The van der Waals surface area contributed by atoms with Crippen molar-refractivity contribution in [2.45, 2.75) is 91.9 Å². The van der Waals surface area contributed by atoms with Gasteiger partial charge in [0.05, 0.1) is 19.6 Å². The van der Waals surface area contributed by atoms with E-state index < -0.39 is 0 Å². The van der Waals surface area contributed by atoms with Gasteiger partial charge in [-0.1, -0.05) is 75.0 Å². The smallest absolute Gasteiger partial charge is 0.155 e. The van der Waals surface area contributed by atoms with E-state index in [0.29, 0.717) is 0 Å². The van der Waals surface area contributed by atoms with Gasteiger partial charge in [0.25, 0.3) is 0 Å². The maximum Gasteiger partial charge on any atom is 0.155 e. The van der Waals surface area contributed by atoms with E-state index in [1.807, 2.05) is 68.0 Å². The average molecular weight is 831 g/mol. The Kier molecular flexibility index (Phi) is 11.7. The Balaban J connectivity index is 1.13. The quantitative estimate of drug-likeness (QED) is 0.0907. The number of aromatic nitrogens is 2. The van der Waals surface area contributed by atoms with Crippen molar-refractivity contribution in [1.29, 1.82) is 0 Å². The van der Waals surface area contributed by atoms with Crippen LogP contribution in [0.3, 0.4) is 0 Å². The summed E-state index contributed by atoms with van der Waals surface area (Å²) in [6, 6.07) is 23.6. The molecule has 0 unspecified atom stereocenters. The Morgan fingerprint density at radius 3 is 1.56 bits per heavy atom. The molecule has 0 spiro atoms. The molecule has 0 amide bonds. The van der Waals surface area contributed by atoms with Crippen LogP contribution in [0.4, 0.5) is 0 Å². The van der Waals surface area contributed by atoms with E-state index in [0.717, 1.165) is 19.7 Å². The third-order valence-corrected chi connectivity index (χ3v) is 18.6. The molecule has 8 heterocycles. The third-order valence-electron chi connectivity index (χ3n) is 9.19. The SMILES string of the molecule is CCCCCCc1ccc(-c2ccc(-c3cc(C)sc3-c3sc(-c4nc5sc(C)nc5s4)cc3-c3ccc(-c4ccc(CCCCCC)s4)s3)s2)s1. The lowest BCUT2D eigenvalue weighted by Gasteiger charge is -2.03. The molecule has 0 aliphatic carbocycles. The highest BCUT2D eigenvalue weighted by molar-refractivity contribution is 7.31. The molecule has 8 aromatic rings. The zero-order chi connectivity index (χ0) is 35.6. The number of nitrogens with zero attached hydrogens (tertiary/aromatic N) is 2. The molecule has 0 aromatic carbocycles. The van der Waals surface area contributed by atoms with Crippen LogP contribution in [0, 0.1) is 13.8 Å². The van der Waals surface area contributed by atoms with Gasteiger partial charge in [0.2, 0.25) is 0 Å². The molecule has 52 heavy (non-hydrogen) atoms. The van der Waals surface area contributed by atoms with E-state index in [2.05, 4.69) is 88.4 Å². The first-order valence-corrected chi connectivity index (χ1v) is 24.9. The highest BCUT2D eigenvalue weighted by atomic mass is 32.1. The van der Waals surface area contributed by atoms with Crippen LogP contribution in [0.1, 0.15) is 84.9 Å². The monoisotopic (exact) mass is 830 g/mol. The first-order chi connectivity index (χ1) is 25.4. The number of rotatable bonds is 16. The molecule has 0 aliphatic heterocycles. The number of fused-ring (bicyclic) bond motifs is 1. The molecule has 8 rings (SSSR count). The van der Waals surface area contributed by atoms with Gasteiger partial charge >= 0.3 is 0 Å². The van der Waals surface area contributed by atoms with Gasteiger partial charge in [-0.2, -0.15) is 0 Å². The highest BCUT2D eigenvalue weighted by Crippen LogP contribution is 2.53. The van der Waals surface area contributed by atoms with Gasteiger partial charge in [0.15, 0.2) is 9.66 Å². The van der Waals surface area contributed by atoms with Crippen LogP contribution in [-0.4, -0.2) is 9.97 Å². The molecule has 0 saturated carbocycles. The van der Waals surface area contributed by atoms with Gasteiger partial charge < -0.3 is 0 Å². The fourth-order valence-corrected chi connectivity index (χ4v) is 15.3. The Labute approximate surface area is 339 Å². The lowest BCUT2D eigenvalue weighted by Crippen LogP contribution is -1.80. The number of hydrogen-bond donors (Lipinski definition) is 0. The predicted molar refractivity (Wildman–Crippen MR) is 240 cm³/mol. The molecule has 0 N–H and O–H groups in total. The van der Waals surface area contributed by atoms with Gasteiger partial charge in [0.1, 0.15) is 5.01 Å². The van der Waals surface area contributed by atoms with Crippen molar-refractivity contribution in [3.05, 3.63) is 80.3 Å². The average Bonchev–Trinajstić information content (AvgIpc) is 3.97. The summed E-state index contributed by atoms with van der Waals surface area (Å²) in [4.78, 5) is 28.4. The standard InChI is InChI=1S/C42H42N2S8/c1-5-7-9-11-13-27-15-17-33(47-27)35-21-19-31(49-35)29-23-25(3)45-38(29)39-30(24-37(51-39)40-44-42-41(52-40)43-26(4)46-42)32-20-22-36(50-32)34-18-16-28(48-34)14-12-10-8-6-2/h15-24H,5-14H2,1-4H3. The van der Waals surface area contributed by atoms with E-state index in [-0.39, 0.29) is 0 Å². The molecule has 0 fully saturated rings. The second-order valence-corrected chi connectivity index (χ2v) is 22.3. The summed E-state index contributed by atoms with van der Waals surface area (Å²) in [6.45, 7) is 8.90. The highest BCUT2D eigenvalue weighted by Gasteiger charge is 2.24. The van der Waals surface area contributed by atoms with Gasteiger partial charge in [-0.3, -0.25) is 0 Å². The normalized spacial score (nSPS) is 11.8. The van der Waals surface area contributed by atoms with Crippen molar-refractivity contribution >= 4 is 100 Å². The van der Waals surface area contributed by atoms with E-state index in [4.69, 9.17) is 9.97 Å². The number of aryl methyl sites for hydroxylation is 4. The van der Waals surface area contributed by atoms with Crippen LogP contribution in [-0.2, 0) is 12.8 Å². The maximum absolute atomic E-state index is 5.09. The number of thiophene rings is 6. The summed E-state index contributed by atoms with van der Waals surface area (Å²) in [7, 11) is 0. The molecule has 0 aliphatic rings. The number of thiazole rings is 2. The van der Waals surface area contributed by atoms with Gasteiger partial charge in [-0.25, -0.2) is 9.97 Å². The molecular weight excluding hydrogens is 789 g/mol. The summed E-state index contributed by atoms with van der Waals surface area (Å²) in [5.41, 5.74) is 2.67. The van der Waals surface area contributed by atoms with Gasteiger partial charge in [-0.05, 0) is 100 Å². The fourth-order valence-electron chi connectivity index (χ4n) is 6.53. The van der Waals surface area contributed by atoms with Gasteiger partial charge in [-0.15, -0.1) is 68.0 Å². The zero-order valence-corrected chi connectivity index (χ0v) is 36.5. The molecule has 268 valence electrons. The van der Waals surface area contributed by atoms with Crippen molar-refractivity contribution < 1.29 is 0 Å². The fraction of sp³-hybridized carbons (Fsp3) is 0.333. The number of hydrogen-bond acceptors (Lipinski definition) is 10. The molecular formula is C42H42N2S8. The van der Waals surface area contributed by atoms with Crippen molar-refractivity contribution in [2.24, 2.45) is 0 Å². The summed E-state index contributed by atoms with van der Waals surface area (Å²) in [6.07, 6.45) is 12.9. The predicted octanol–water partition coefficient (Wildman–Crippen LogP) is 17.0. The molecule has 8 aromatic heterocycles. The minimum atomic E-state index is 1.05. The Bertz CT molecular complexity index is 2360. The second kappa shape index (κ2) is 16.6. The molecule has 2 nitrogen and oxygen atoms in total. The van der Waals surface area contributed by atoms with E-state index in [1.165, 1.54) is 134 Å². The number of unbranched alkanes of at least 4 members (excludes halogenated alkanes) is 6. The molecule has 0 atom stereocenters. The first kappa shape index (κ1) is 36.7. The second-order valence-electron chi connectivity index (χ2n) is 13.3. The van der Waals surface area contributed by atoms with Crippen LogP contribution in [0.5, 0.6) is 0 Å². The Hall–Kier alpha value is -2.28. The first-order valence-electron chi connectivity index (χ1n) is 18.3. The summed E-state index contributed by atoms with van der Waals surface area (Å²) in [5, 5.41) is 2.15. The van der Waals surface area contributed by atoms with Crippen molar-refractivity contribution in [2.75, 3.05) is 0 Å². The minimum absolute atomic E-state index is 1.05. The molecule has 0 saturated heterocycles. The van der Waals surface area contributed by atoms with Crippen molar-refractivity contribution in [1.82, 2.24) is 9.97 Å². The minimum Gasteiger partial charge on any atom is -0.229 e. The third kappa shape index (κ3) is 8.05. The molecule has 10 heteroatoms. The van der Waals surface area contributed by atoms with Crippen LogP contribution in [0.25, 0.3) is 69.7 Å². The van der Waals surface area contributed by atoms with Gasteiger partial charge in [0, 0.05) is 55.0 Å². The molecule has 0 bridgehead atoms. The lowest BCUT2D eigenvalue weighted by molar-refractivity contribution is 0.670.